The molecule has 0 bridgehead atoms. The van der Waals surface area contributed by atoms with E-state index in [-0.39, 0.29) is 37.7 Å². The van der Waals surface area contributed by atoms with Crippen molar-refractivity contribution in [1.29, 1.82) is 0 Å². The topological polar surface area (TPSA) is 147 Å². The molecule has 0 spiro atoms. The molecule has 1 aliphatic carbocycles. The number of alkyl carbamates (subject to hydrolysis) is 1. The molecule has 2 amide bonds. The first-order chi connectivity index (χ1) is 19.4. The number of esters is 1. The highest BCUT2D eigenvalue weighted by atomic mass is 16.6. The largest absolute Gasteiger partial charge is 0.458 e. The van der Waals surface area contributed by atoms with E-state index in [1.807, 2.05) is 62.4 Å². The Morgan fingerprint density at radius 3 is 2.07 bits per heavy atom. The summed E-state index contributed by atoms with van der Waals surface area (Å²) in [5.74, 6) is -1.95. The molecule has 10 heteroatoms. The molecule has 41 heavy (non-hydrogen) atoms. The van der Waals surface area contributed by atoms with E-state index >= 15 is 0 Å². The van der Waals surface area contributed by atoms with Crippen molar-refractivity contribution in [1.82, 2.24) is 10.6 Å². The van der Waals surface area contributed by atoms with Crippen LogP contribution in [0.3, 0.4) is 0 Å². The summed E-state index contributed by atoms with van der Waals surface area (Å²) in [4.78, 5) is 53.6. The van der Waals surface area contributed by atoms with E-state index in [1.54, 1.807) is 20.8 Å². The van der Waals surface area contributed by atoms with Gasteiger partial charge in [-0.3, -0.25) is 9.59 Å². The number of nitrogens with zero attached hydrogens (tertiary/aromatic N) is 2. The van der Waals surface area contributed by atoms with Gasteiger partial charge >= 0.3 is 18.3 Å². The van der Waals surface area contributed by atoms with Crippen LogP contribution in [-0.2, 0) is 23.9 Å². The molecule has 0 aromatic heterocycles. The molecule has 3 rings (SSSR count). The van der Waals surface area contributed by atoms with Gasteiger partial charge in [-0.1, -0.05) is 62.4 Å². The molecule has 10 nitrogen and oxygen atoms in total. The van der Waals surface area contributed by atoms with Crippen LogP contribution < -0.4 is 10.6 Å². The SMILES string of the molecule is CC(C)C[C@H](NC(=O)OCC1c2ccccc2-c2ccccc21)C(=O)N[C@@H](CCC(=O)C=[N+]=[N-])C(=O)OC(C)(C)C. The van der Waals surface area contributed by atoms with Gasteiger partial charge in [0.2, 0.25) is 11.7 Å². The molecular formula is C31H38N4O6. The number of benzene rings is 2. The van der Waals surface area contributed by atoms with Crippen LogP contribution in [0, 0.1) is 5.92 Å². The summed E-state index contributed by atoms with van der Waals surface area (Å²) in [6.07, 6.45) is 0.0191. The van der Waals surface area contributed by atoms with Gasteiger partial charge in [-0.15, -0.1) is 0 Å². The number of ether oxygens (including phenoxy) is 2. The lowest BCUT2D eigenvalue weighted by atomic mass is 9.98. The molecular weight excluding hydrogens is 524 g/mol. The van der Waals surface area contributed by atoms with Crippen LogP contribution in [0.25, 0.3) is 16.7 Å². The average Bonchev–Trinajstić information content (AvgIpc) is 3.22. The van der Waals surface area contributed by atoms with Crippen molar-refractivity contribution in [2.45, 2.75) is 77.5 Å². The van der Waals surface area contributed by atoms with Crippen molar-refractivity contribution in [3.05, 3.63) is 65.2 Å². The van der Waals surface area contributed by atoms with Gasteiger partial charge in [-0.25, -0.2) is 9.59 Å². The van der Waals surface area contributed by atoms with Crippen LogP contribution in [0.4, 0.5) is 4.79 Å². The normalized spacial score (nSPS) is 13.7. The monoisotopic (exact) mass is 562 g/mol. The second kappa shape index (κ2) is 13.9. The summed E-state index contributed by atoms with van der Waals surface area (Å²) in [7, 11) is 0. The van der Waals surface area contributed by atoms with Gasteiger partial charge in [0.25, 0.3) is 0 Å². The number of ketones is 1. The van der Waals surface area contributed by atoms with Gasteiger partial charge in [0, 0.05) is 12.3 Å². The number of Topliss-reactive ketones (excluding diaryl/α,β-unsaturated/α-hetero) is 1. The average molecular weight is 563 g/mol. The number of nitrogens with one attached hydrogen (secondary N) is 2. The molecule has 0 fully saturated rings. The fourth-order valence-corrected chi connectivity index (χ4v) is 4.79. The maximum atomic E-state index is 13.3. The number of hydrogen-bond acceptors (Lipinski definition) is 6. The van der Waals surface area contributed by atoms with Gasteiger partial charge in [-0.2, -0.15) is 4.79 Å². The van der Waals surface area contributed by atoms with Gasteiger partial charge in [0.15, 0.2) is 0 Å². The minimum absolute atomic E-state index is 0.0296. The fourth-order valence-electron chi connectivity index (χ4n) is 4.79. The van der Waals surface area contributed by atoms with Crippen molar-refractivity contribution in [2.75, 3.05) is 6.61 Å². The molecule has 2 atom stereocenters. The third-order valence-electron chi connectivity index (χ3n) is 6.55. The molecule has 2 aromatic carbocycles. The number of fused-ring (bicyclic) bond motifs is 3. The van der Waals surface area contributed by atoms with Gasteiger partial charge in [0.05, 0.1) is 0 Å². The summed E-state index contributed by atoms with van der Waals surface area (Å²) >= 11 is 0. The second-order valence-corrected chi connectivity index (χ2v) is 11.5. The Labute approximate surface area is 240 Å². The predicted octanol–water partition coefficient (Wildman–Crippen LogP) is 4.42. The van der Waals surface area contributed by atoms with E-state index in [0.29, 0.717) is 0 Å². The Morgan fingerprint density at radius 2 is 1.54 bits per heavy atom. The fraction of sp³-hybridized carbons (Fsp3) is 0.452. The predicted molar refractivity (Wildman–Crippen MR) is 153 cm³/mol. The number of rotatable bonds is 12. The summed E-state index contributed by atoms with van der Waals surface area (Å²) in [6.45, 7) is 8.95. The molecule has 0 aliphatic heterocycles. The summed E-state index contributed by atoms with van der Waals surface area (Å²) in [5, 5.41) is 5.28. The number of hydrogen-bond donors (Lipinski definition) is 2. The lowest BCUT2D eigenvalue weighted by Crippen LogP contribution is -2.53. The van der Waals surface area contributed by atoms with E-state index in [4.69, 9.17) is 15.0 Å². The molecule has 2 aromatic rings. The molecule has 2 N–H and O–H groups in total. The zero-order chi connectivity index (χ0) is 30.2. The zero-order valence-electron chi connectivity index (χ0n) is 24.2. The van der Waals surface area contributed by atoms with Crippen LogP contribution in [0.2, 0.25) is 0 Å². The van der Waals surface area contributed by atoms with Crippen molar-refractivity contribution < 1.29 is 33.4 Å². The Balaban J connectivity index is 1.69. The van der Waals surface area contributed by atoms with Crippen molar-refractivity contribution in [3.8, 4) is 11.1 Å². The second-order valence-electron chi connectivity index (χ2n) is 11.5. The van der Waals surface area contributed by atoms with Crippen molar-refractivity contribution in [2.24, 2.45) is 5.92 Å². The van der Waals surface area contributed by atoms with Crippen molar-refractivity contribution in [3.63, 3.8) is 0 Å². The maximum absolute atomic E-state index is 13.3. The Bertz CT molecular complexity index is 1280. The van der Waals surface area contributed by atoms with Gasteiger partial charge in [0.1, 0.15) is 24.3 Å². The molecule has 218 valence electrons. The molecule has 0 heterocycles. The molecule has 0 saturated carbocycles. The third kappa shape index (κ3) is 8.85. The summed E-state index contributed by atoms with van der Waals surface area (Å²) in [6, 6.07) is 13.8. The van der Waals surface area contributed by atoms with Crippen LogP contribution in [0.5, 0.6) is 0 Å². The maximum Gasteiger partial charge on any atom is 0.407 e. The van der Waals surface area contributed by atoms with Gasteiger partial charge < -0.3 is 25.6 Å². The highest BCUT2D eigenvalue weighted by Crippen LogP contribution is 2.44. The summed E-state index contributed by atoms with van der Waals surface area (Å²) in [5.41, 5.74) is 12.1. The van der Waals surface area contributed by atoms with Gasteiger partial charge in [-0.05, 0) is 61.8 Å². The highest BCUT2D eigenvalue weighted by Gasteiger charge is 2.32. The first kappa shape index (κ1) is 31.2. The highest BCUT2D eigenvalue weighted by molar-refractivity contribution is 6.25. The Kier molecular flexibility index (Phi) is 10.6. The number of carbonyl (C=O) groups is 4. The minimum atomic E-state index is -1.16. The first-order valence-corrected chi connectivity index (χ1v) is 13.7. The number of amides is 2. The molecule has 0 radical (unpaired) electrons. The smallest absolute Gasteiger partial charge is 0.407 e. The first-order valence-electron chi connectivity index (χ1n) is 13.7. The van der Waals surface area contributed by atoms with Crippen LogP contribution in [-0.4, -0.2) is 59.0 Å². The number of carbonyl (C=O) groups excluding carboxylic acids is 4. The van der Waals surface area contributed by atoms with Crippen LogP contribution in [0.1, 0.15) is 70.9 Å². The standard InChI is InChI=1S/C31H38N4O6/c1-19(2)16-27(28(37)34-26(15-14-20(36)17-33-32)29(38)41-31(3,4)5)35-30(39)40-18-25-23-12-8-6-10-21(23)22-11-7-9-13-24(22)25/h6-13,17,19,25-27H,14-16,18H2,1-5H3,(H,34,37)(H,35,39)/t26-,27-/m0/s1. The molecule has 0 unspecified atom stereocenters. The summed E-state index contributed by atoms with van der Waals surface area (Å²) < 4.78 is 11.0. The lowest BCUT2D eigenvalue weighted by Gasteiger charge is -2.26. The Morgan fingerprint density at radius 1 is 0.951 bits per heavy atom. The lowest BCUT2D eigenvalue weighted by molar-refractivity contribution is -0.159. The van der Waals surface area contributed by atoms with E-state index in [2.05, 4.69) is 15.4 Å². The van der Waals surface area contributed by atoms with Crippen molar-refractivity contribution >= 4 is 30.0 Å². The molecule has 0 saturated heterocycles. The third-order valence-corrected chi connectivity index (χ3v) is 6.55. The van der Waals surface area contributed by atoms with E-state index < -0.39 is 41.4 Å². The van der Waals surface area contributed by atoms with E-state index in [0.717, 1.165) is 28.5 Å². The van der Waals surface area contributed by atoms with E-state index in [9.17, 15) is 19.2 Å². The van der Waals surface area contributed by atoms with Crippen LogP contribution >= 0.6 is 0 Å². The zero-order valence-corrected chi connectivity index (χ0v) is 24.2. The van der Waals surface area contributed by atoms with Crippen LogP contribution in [0.15, 0.2) is 48.5 Å². The quantitative estimate of drug-likeness (QED) is 0.169. The minimum Gasteiger partial charge on any atom is -0.458 e. The molecule has 1 aliphatic rings. The Hall–Kier alpha value is -4.30. The van der Waals surface area contributed by atoms with E-state index in [1.165, 1.54) is 0 Å².